The van der Waals surface area contributed by atoms with Gasteiger partial charge in [-0.05, 0) is 70.7 Å². The van der Waals surface area contributed by atoms with Crippen LogP contribution >= 0.6 is 0 Å². The Bertz CT molecular complexity index is 1570. The smallest absolute Gasteiger partial charge is 0.339 e. The first-order valence-electron chi connectivity index (χ1n) is 20.3. The molecule has 0 spiro atoms. The Morgan fingerprint density at radius 3 is 2.23 bits per heavy atom. The van der Waals surface area contributed by atoms with Crippen molar-refractivity contribution in [1.82, 2.24) is 15.5 Å². The largest absolute Gasteiger partial charge is 0.460 e. The second-order valence-electron chi connectivity index (χ2n) is 16.2. The number of unbranched alkanes of at least 4 members (excludes halogenated alkanes) is 4. The van der Waals surface area contributed by atoms with E-state index in [2.05, 4.69) is 24.5 Å². The van der Waals surface area contributed by atoms with Gasteiger partial charge in [0.1, 0.15) is 30.0 Å². The summed E-state index contributed by atoms with van der Waals surface area (Å²) in [7, 11) is 3.25. The fourth-order valence-corrected chi connectivity index (χ4v) is 6.76. The number of aliphatic hydroxyl groups excluding tert-OH is 2. The van der Waals surface area contributed by atoms with Crippen molar-refractivity contribution in [2.75, 3.05) is 20.7 Å². The van der Waals surface area contributed by atoms with E-state index in [-0.39, 0.29) is 36.3 Å². The van der Waals surface area contributed by atoms with Crippen LogP contribution in [-0.4, -0.2) is 113 Å². The number of nitrogens with one attached hydrogen (secondary N) is 2. The van der Waals surface area contributed by atoms with Gasteiger partial charge in [0.15, 0.2) is 5.79 Å². The van der Waals surface area contributed by atoms with E-state index in [9.17, 15) is 34.2 Å². The number of hydrogen-bond acceptors (Lipinski definition) is 11. The molecule has 1 aliphatic heterocycles. The van der Waals surface area contributed by atoms with Crippen LogP contribution in [0.4, 0.5) is 0 Å². The van der Waals surface area contributed by atoms with E-state index in [1.807, 2.05) is 0 Å². The average molecular weight is 800 g/mol. The van der Waals surface area contributed by atoms with Gasteiger partial charge in [-0.1, -0.05) is 57.7 Å². The highest BCUT2D eigenvalue weighted by Crippen LogP contribution is 2.43. The van der Waals surface area contributed by atoms with Gasteiger partial charge in [0.05, 0.1) is 24.3 Å². The number of nitrogens with zero attached hydrogens (tertiary/aromatic N) is 1. The lowest BCUT2D eigenvalue weighted by atomic mass is 9.91. The number of ether oxygens (including phenoxy) is 4. The Morgan fingerprint density at radius 2 is 1.65 bits per heavy atom. The van der Waals surface area contributed by atoms with Gasteiger partial charge < -0.3 is 44.7 Å². The number of carbonyl (C=O) groups excluding carboxylic acids is 5. The van der Waals surface area contributed by atoms with E-state index in [0.29, 0.717) is 18.4 Å². The van der Waals surface area contributed by atoms with Crippen LogP contribution < -0.4 is 10.6 Å². The molecule has 0 unspecified atom stereocenters. The molecule has 1 aromatic carbocycles. The minimum atomic E-state index is -1.43. The number of esters is 2. The van der Waals surface area contributed by atoms with Gasteiger partial charge in [-0.2, -0.15) is 0 Å². The lowest BCUT2D eigenvalue weighted by Crippen LogP contribution is -2.55. The van der Waals surface area contributed by atoms with E-state index < -0.39 is 78.2 Å². The maximum Gasteiger partial charge on any atom is 0.339 e. The summed E-state index contributed by atoms with van der Waals surface area (Å²) in [5, 5.41) is 25.8. The molecule has 0 aromatic heterocycles. The minimum Gasteiger partial charge on any atom is -0.460 e. The highest BCUT2D eigenvalue weighted by Gasteiger charge is 2.52. The van der Waals surface area contributed by atoms with E-state index >= 15 is 0 Å². The van der Waals surface area contributed by atoms with Gasteiger partial charge in [0, 0.05) is 51.4 Å². The summed E-state index contributed by atoms with van der Waals surface area (Å²) in [6, 6.07) is 4.44. The monoisotopic (exact) mass is 799 g/mol. The van der Waals surface area contributed by atoms with E-state index in [4.69, 9.17) is 18.9 Å². The lowest BCUT2D eigenvalue weighted by molar-refractivity contribution is -0.190. The fraction of sp³-hybridized carbons (Fsp3) is 0.651. The molecular weight excluding hydrogens is 734 g/mol. The van der Waals surface area contributed by atoms with Crippen molar-refractivity contribution < 1.29 is 53.1 Å². The molecule has 0 radical (unpaired) electrons. The normalized spacial score (nSPS) is 20.5. The SMILES string of the molecule is CCCCCC1(CCCCC)O[C@@H]2[C@@H](C=C(C(=O)N[C@@H](C(=O)N[C@H](CO)CCC(=O)OC(C)(C)C)[C@H](C)O)C[C@H]2OC(=O)c2ccccc2C=CC(=O)N(C)C)O1. The number of amides is 3. The van der Waals surface area contributed by atoms with Crippen LogP contribution in [0.15, 0.2) is 42.0 Å². The molecule has 1 heterocycles. The van der Waals surface area contributed by atoms with Crippen LogP contribution in [0, 0.1) is 0 Å². The zero-order chi connectivity index (χ0) is 42.3. The Hall–Kier alpha value is -4.11. The molecule has 14 heteroatoms. The van der Waals surface area contributed by atoms with Crippen molar-refractivity contribution >= 4 is 35.7 Å². The summed E-state index contributed by atoms with van der Waals surface area (Å²) in [6.07, 6.45) is 7.53. The maximum atomic E-state index is 14.0. The molecule has 0 bridgehead atoms. The average Bonchev–Trinajstić information content (AvgIpc) is 3.52. The lowest BCUT2D eigenvalue weighted by Gasteiger charge is -2.32. The summed E-state index contributed by atoms with van der Waals surface area (Å²) in [6.45, 7) is 10.3. The number of rotatable bonds is 21. The van der Waals surface area contributed by atoms with Crippen molar-refractivity contribution in [1.29, 1.82) is 0 Å². The summed E-state index contributed by atoms with van der Waals surface area (Å²) in [5.41, 5.74) is 0.152. The number of carbonyl (C=O) groups is 5. The van der Waals surface area contributed by atoms with Crippen molar-refractivity contribution in [2.24, 2.45) is 0 Å². The predicted octanol–water partition coefficient (Wildman–Crippen LogP) is 4.75. The molecule has 3 rings (SSSR count). The minimum absolute atomic E-state index is 0.0688. The first-order chi connectivity index (χ1) is 26.9. The van der Waals surface area contributed by atoms with Gasteiger partial charge in [-0.25, -0.2) is 4.79 Å². The molecule has 3 amide bonds. The standard InChI is InChI=1S/C43H65N3O11/c1-9-11-15-23-43(24-16-12-10-2)55-34-26-30(39(51)45-37(28(3)48)40(52)44-31(27-47)20-22-36(50)56-42(4,5)6)25-33(38(34)57-43)54-41(53)32-18-14-13-17-29(32)19-21-35(49)46(7)8/h13-14,17-19,21,26,28,31,33-34,37-38,47-48H,9-12,15-16,20,22-25,27H2,1-8H3,(H,44,52)(H,45,51)/t28-,31-,33+,34+,37+,38-/m0/s1. The number of likely N-dealkylation sites (N-methyl/N-ethyl adjacent to an activating group) is 1. The highest BCUT2D eigenvalue weighted by atomic mass is 16.8. The summed E-state index contributed by atoms with van der Waals surface area (Å²) in [5.74, 6) is -3.84. The van der Waals surface area contributed by atoms with Gasteiger partial charge >= 0.3 is 11.9 Å². The number of aliphatic hydroxyl groups is 2. The third-order valence-electron chi connectivity index (χ3n) is 9.81. The Balaban J connectivity index is 1.90. The van der Waals surface area contributed by atoms with Gasteiger partial charge in [0.2, 0.25) is 17.7 Å². The van der Waals surface area contributed by atoms with Crippen LogP contribution in [0.2, 0.25) is 0 Å². The molecule has 318 valence electrons. The molecule has 14 nitrogen and oxygen atoms in total. The van der Waals surface area contributed by atoms with Gasteiger partial charge in [0.25, 0.3) is 0 Å². The van der Waals surface area contributed by atoms with Crippen molar-refractivity contribution in [2.45, 2.75) is 160 Å². The summed E-state index contributed by atoms with van der Waals surface area (Å²) < 4.78 is 24.9. The summed E-state index contributed by atoms with van der Waals surface area (Å²) >= 11 is 0. The van der Waals surface area contributed by atoms with Crippen molar-refractivity contribution in [3.63, 3.8) is 0 Å². The Morgan fingerprint density at radius 1 is 1.00 bits per heavy atom. The molecule has 1 saturated heterocycles. The molecule has 57 heavy (non-hydrogen) atoms. The van der Waals surface area contributed by atoms with Crippen LogP contribution in [0.5, 0.6) is 0 Å². The van der Waals surface area contributed by atoms with E-state index in [1.165, 1.54) is 17.9 Å². The molecule has 1 aliphatic carbocycles. The first-order valence-corrected chi connectivity index (χ1v) is 20.3. The molecule has 2 aliphatic rings. The highest BCUT2D eigenvalue weighted by molar-refractivity contribution is 5.99. The maximum absolute atomic E-state index is 14.0. The quantitative estimate of drug-likeness (QED) is 0.0763. The van der Waals surface area contributed by atoms with Crippen LogP contribution in [0.1, 0.15) is 128 Å². The number of fused-ring (bicyclic) bond motifs is 1. The third-order valence-corrected chi connectivity index (χ3v) is 9.81. The number of hydrogen-bond donors (Lipinski definition) is 4. The fourth-order valence-electron chi connectivity index (χ4n) is 6.76. The second-order valence-corrected chi connectivity index (χ2v) is 16.2. The third kappa shape index (κ3) is 14.7. The van der Waals surface area contributed by atoms with E-state index in [1.54, 1.807) is 71.3 Å². The van der Waals surface area contributed by atoms with Crippen LogP contribution in [0.25, 0.3) is 6.08 Å². The summed E-state index contributed by atoms with van der Waals surface area (Å²) in [4.78, 5) is 67.3. The predicted molar refractivity (Wildman–Crippen MR) is 215 cm³/mol. The van der Waals surface area contributed by atoms with Crippen LogP contribution in [-0.2, 0) is 38.1 Å². The first kappa shape index (κ1) is 47.3. The second kappa shape index (κ2) is 22.2. The number of benzene rings is 1. The van der Waals surface area contributed by atoms with Crippen molar-refractivity contribution in [3.05, 3.63) is 53.1 Å². The van der Waals surface area contributed by atoms with E-state index in [0.717, 1.165) is 38.5 Å². The molecule has 6 atom stereocenters. The van der Waals surface area contributed by atoms with Crippen LogP contribution in [0.3, 0.4) is 0 Å². The molecular formula is C43H65N3O11. The Kier molecular flexibility index (Phi) is 18.4. The molecule has 4 N–H and O–H groups in total. The molecule has 0 saturated carbocycles. The molecule has 1 aromatic rings. The van der Waals surface area contributed by atoms with Crippen molar-refractivity contribution in [3.8, 4) is 0 Å². The Labute approximate surface area is 337 Å². The topological polar surface area (TPSA) is 190 Å². The van der Waals surface area contributed by atoms with Gasteiger partial charge in [-0.3, -0.25) is 19.2 Å². The van der Waals surface area contributed by atoms with Gasteiger partial charge in [-0.15, -0.1) is 0 Å². The zero-order valence-electron chi connectivity index (χ0n) is 35.0. The molecule has 1 fully saturated rings. The zero-order valence-corrected chi connectivity index (χ0v) is 35.0.